The van der Waals surface area contributed by atoms with Crippen LogP contribution in [0.5, 0.6) is 11.5 Å². The molecular weight excluding hydrogens is 474 g/mol. The fourth-order valence-electron chi connectivity index (χ4n) is 6.24. The predicted molar refractivity (Wildman–Crippen MR) is 124 cm³/mol. The highest BCUT2D eigenvalue weighted by atomic mass is 16.5. The van der Waals surface area contributed by atoms with E-state index in [-0.39, 0.29) is 17.3 Å². The van der Waals surface area contributed by atoms with E-state index in [0.29, 0.717) is 17.7 Å². The van der Waals surface area contributed by atoms with Crippen LogP contribution in [0.4, 0.5) is 0 Å². The summed E-state index contributed by atoms with van der Waals surface area (Å²) in [5, 5.41) is 54.6. The van der Waals surface area contributed by atoms with Crippen molar-refractivity contribution in [3.63, 3.8) is 0 Å². The highest BCUT2D eigenvalue weighted by Gasteiger charge is 2.64. The largest absolute Gasteiger partial charge is 0.504 e. The average Bonchev–Trinajstić information content (AvgIpc) is 3.14. The van der Waals surface area contributed by atoms with Gasteiger partial charge in [-0.3, -0.25) is 14.5 Å². The van der Waals surface area contributed by atoms with Gasteiger partial charge >= 0.3 is 17.9 Å². The number of phenols is 1. The van der Waals surface area contributed by atoms with Crippen molar-refractivity contribution in [2.45, 2.75) is 54.9 Å². The molecule has 0 radical (unpaired) electrons. The lowest BCUT2D eigenvalue weighted by molar-refractivity contribution is -0.170. The van der Waals surface area contributed by atoms with Gasteiger partial charge in [0.15, 0.2) is 17.1 Å². The Balaban J connectivity index is 0.000000203. The molecule has 6 N–H and O–H groups in total. The summed E-state index contributed by atoms with van der Waals surface area (Å²) in [6, 6.07) is 4.17. The van der Waals surface area contributed by atoms with Crippen LogP contribution in [0.3, 0.4) is 0 Å². The maximum Gasteiger partial charge on any atom is 0.336 e. The molecule has 11 heteroatoms. The van der Waals surface area contributed by atoms with Crippen molar-refractivity contribution >= 4 is 17.9 Å². The highest BCUT2D eigenvalue weighted by molar-refractivity contribution is 5.88. The number of phenolic OH excluding ortho intramolecular Hbond substituents is 1. The quantitative estimate of drug-likeness (QED) is 0.285. The Morgan fingerprint density at radius 2 is 1.83 bits per heavy atom. The number of hydrogen-bond acceptors (Lipinski definition) is 8. The third-order valence-electron chi connectivity index (χ3n) is 7.64. The summed E-state index contributed by atoms with van der Waals surface area (Å²) >= 11 is 0. The number of rotatable bonds is 7. The molecule has 1 aromatic carbocycles. The van der Waals surface area contributed by atoms with E-state index < -0.39 is 42.5 Å². The predicted octanol–water partition coefficient (Wildman–Crippen LogP) is 0.506. The van der Waals surface area contributed by atoms with Gasteiger partial charge in [-0.15, -0.1) is 6.58 Å². The van der Waals surface area contributed by atoms with Crippen molar-refractivity contribution in [1.82, 2.24) is 4.90 Å². The topological polar surface area (TPSA) is 185 Å². The standard InChI is InChI=1S/C19H21NO3.C6H8O7/c1-2-8-20-9-7-19-12-4-6-15(22)18(19)23-17-14(21)5-3-11(16(17)19)10-13(12)20;7-3(8)1-6(13,5(11)12)2-4(9)10/h2-6,12-13,15,18,21-22H,1,7-10H2;13H,1-2H2,(H,7,8)(H,9,10)(H,11,12)/t12-,13+,15-,18-,19-;/m0./s1. The van der Waals surface area contributed by atoms with Crippen molar-refractivity contribution < 1.29 is 49.8 Å². The summed E-state index contributed by atoms with van der Waals surface area (Å²) in [6.45, 7) is 5.76. The molecule has 0 saturated carbocycles. The first-order chi connectivity index (χ1) is 16.9. The molecule has 1 spiro atoms. The van der Waals surface area contributed by atoms with Crippen LogP contribution in [0.15, 0.2) is 36.9 Å². The first-order valence-corrected chi connectivity index (χ1v) is 11.6. The molecule has 2 heterocycles. The van der Waals surface area contributed by atoms with Crippen LogP contribution in [0.25, 0.3) is 0 Å². The van der Waals surface area contributed by atoms with Crippen molar-refractivity contribution in [2.75, 3.05) is 13.1 Å². The molecule has 11 nitrogen and oxygen atoms in total. The average molecular weight is 504 g/mol. The zero-order valence-corrected chi connectivity index (χ0v) is 19.4. The molecule has 1 saturated heterocycles. The number of hydrogen-bond donors (Lipinski definition) is 6. The maximum absolute atomic E-state index is 10.5. The van der Waals surface area contributed by atoms with Crippen LogP contribution >= 0.6 is 0 Å². The van der Waals surface area contributed by atoms with Crippen LogP contribution < -0.4 is 4.74 Å². The fourth-order valence-corrected chi connectivity index (χ4v) is 6.24. The van der Waals surface area contributed by atoms with Gasteiger partial charge in [0, 0.05) is 29.5 Å². The van der Waals surface area contributed by atoms with Gasteiger partial charge in [-0.1, -0.05) is 24.3 Å². The molecule has 1 aromatic rings. The Hall–Kier alpha value is -3.41. The van der Waals surface area contributed by atoms with Crippen molar-refractivity contribution in [3.8, 4) is 11.5 Å². The number of carbonyl (C=O) groups is 3. The molecule has 1 fully saturated rings. The summed E-state index contributed by atoms with van der Waals surface area (Å²) in [7, 11) is 0. The number of nitrogens with zero attached hydrogens (tertiary/aromatic N) is 1. The number of likely N-dealkylation sites (tertiary alicyclic amines) is 1. The van der Waals surface area contributed by atoms with Crippen LogP contribution in [0.1, 0.15) is 30.4 Å². The number of carboxylic acid groups (broad SMARTS) is 3. The highest BCUT2D eigenvalue weighted by Crippen LogP contribution is 2.62. The minimum absolute atomic E-state index is 0.196. The fraction of sp³-hybridized carbons (Fsp3) is 0.480. The second kappa shape index (κ2) is 9.23. The van der Waals surface area contributed by atoms with Crippen molar-refractivity contribution in [1.29, 1.82) is 0 Å². The Labute approximate surface area is 206 Å². The molecule has 2 aliphatic carbocycles. The van der Waals surface area contributed by atoms with E-state index in [1.165, 1.54) is 5.56 Å². The molecule has 5 rings (SSSR count). The molecule has 0 amide bonds. The summed E-state index contributed by atoms with van der Waals surface area (Å²) in [5.74, 6) is -3.89. The molecule has 2 bridgehead atoms. The number of aromatic hydroxyl groups is 1. The zero-order chi connectivity index (χ0) is 26.4. The summed E-state index contributed by atoms with van der Waals surface area (Å²) < 4.78 is 6.13. The van der Waals surface area contributed by atoms with E-state index in [4.69, 9.17) is 25.2 Å². The van der Waals surface area contributed by atoms with Gasteiger partial charge in [0.05, 0.1) is 12.8 Å². The number of aliphatic hydroxyl groups is 2. The molecule has 194 valence electrons. The number of aliphatic carboxylic acids is 3. The van der Waals surface area contributed by atoms with Crippen LogP contribution in [0, 0.1) is 5.92 Å². The lowest BCUT2D eigenvalue weighted by Crippen LogP contribution is -2.65. The molecule has 2 aliphatic heterocycles. The van der Waals surface area contributed by atoms with Gasteiger partial charge in [-0.2, -0.15) is 0 Å². The summed E-state index contributed by atoms with van der Waals surface area (Å²) in [6.07, 6.45) is 4.75. The van der Waals surface area contributed by atoms with E-state index in [9.17, 15) is 24.6 Å². The van der Waals surface area contributed by atoms with Gasteiger partial charge in [0.2, 0.25) is 0 Å². The molecular formula is C25H29NO10. The van der Waals surface area contributed by atoms with Crippen molar-refractivity contribution in [2.24, 2.45) is 5.92 Å². The monoisotopic (exact) mass is 503 g/mol. The first-order valence-electron chi connectivity index (χ1n) is 11.6. The number of ether oxygens (including phenoxy) is 1. The van der Waals surface area contributed by atoms with Gasteiger partial charge in [-0.25, -0.2) is 4.79 Å². The molecule has 0 aromatic heterocycles. The van der Waals surface area contributed by atoms with E-state index in [0.717, 1.165) is 31.5 Å². The number of aliphatic hydroxyl groups excluding tert-OH is 1. The third kappa shape index (κ3) is 4.02. The second-order valence-corrected chi connectivity index (χ2v) is 9.71. The summed E-state index contributed by atoms with van der Waals surface area (Å²) in [5.41, 5.74) is -0.515. The van der Waals surface area contributed by atoms with Gasteiger partial charge in [0.25, 0.3) is 0 Å². The minimum Gasteiger partial charge on any atom is -0.504 e. The van der Waals surface area contributed by atoms with Crippen molar-refractivity contribution in [3.05, 3.63) is 48.1 Å². The minimum atomic E-state index is -2.74. The Kier molecular flexibility index (Phi) is 6.58. The first kappa shape index (κ1) is 25.7. The van der Waals surface area contributed by atoms with Gasteiger partial charge in [-0.05, 0) is 31.0 Å². The van der Waals surface area contributed by atoms with E-state index in [1.54, 1.807) is 6.07 Å². The maximum atomic E-state index is 10.5. The molecule has 0 unspecified atom stereocenters. The van der Waals surface area contributed by atoms with E-state index in [2.05, 4.69) is 17.6 Å². The lowest BCUT2D eigenvalue weighted by atomic mass is 9.53. The number of carboxylic acids is 3. The third-order valence-corrected chi connectivity index (χ3v) is 7.64. The van der Waals surface area contributed by atoms with E-state index in [1.807, 2.05) is 18.2 Å². The zero-order valence-electron chi connectivity index (χ0n) is 19.4. The number of benzene rings is 1. The van der Waals surface area contributed by atoms with Crippen LogP contribution in [-0.4, -0.2) is 90.4 Å². The smallest absolute Gasteiger partial charge is 0.336 e. The number of piperidine rings is 1. The Morgan fingerprint density at radius 3 is 2.42 bits per heavy atom. The van der Waals surface area contributed by atoms with Gasteiger partial charge < -0.3 is 35.4 Å². The van der Waals surface area contributed by atoms with Gasteiger partial charge in [0.1, 0.15) is 12.2 Å². The van der Waals surface area contributed by atoms with E-state index >= 15 is 0 Å². The molecule has 5 atom stereocenters. The Morgan fingerprint density at radius 1 is 1.17 bits per heavy atom. The normalized spacial score (nSPS) is 29.3. The van der Waals surface area contributed by atoms with Crippen LogP contribution in [0.2, 0.25) is 0 Å². The lowest BCUT2D eigenvalue weighted by Gasteiger charge is -2.57. The van der Waals surface area contributed by atoms with Crippen LogP contribution in [-0.2, 0) is 26.2 Å². The SMILES string of the molecule is C=CCN1CC[C@]23c4c5ccc(O)c4O[C@H]2[C@@H](O)C=C[C@H]3[C@H]1C5.O=C(O)CC(O)(CC(=O)O)C(=O)O. The second-order valence-electron chi connectivity index (χ2n) is 9.71. The Bertz CT molecular complexity index is 1110. The molecule has 4 aliphatic rings. The molecule has 36 heavy (non-hydrogen) atoms. The summed E-state index contributed by atoms with van der Waals surface area (Å²) in [4.78, 5) is 33.0.